The van der Waals surface area contributed by atoms with E-state index in [-0.39, 0.29) is 0 Å². The largest absolute Gasteiger partial charge is 0.361 e. The van der Waals surface area contributed by atoms with E-state index in [0.717, 1.165) is 24.9 Å². The van der Waals surface area contributed by atoms with Gasteiger partial charge in [0.2, 0.25) is 0 Å². The Morgan fingerprint density at radius 1 is 1.50 bits per heavy atom. The Hall–Kier alpha value is 0.127. The quantitative estimate of drug-likeness (QED) is 0.410. The fraction of sp³-hybridized carbons (Fsp3) is 0.909. The lowest BCUT2D eigenvalue weighted by Gasteiger charge is -2.19. The summed E-state index contributed by atoms with van der Waals surface area (Å²) in [5.41, 5.74) is 0. The third-order valence-corrected chi connectivity index (χ3v) is 4.74. The standard InChI is InChI=1S/C11H23BrN2OSi/c1-16(2,3)7-6-15-10-14-8-11(4-5-12)13-9-14/h9,11H,4-8,10H2,1-3H3/t11-/m1/s1. The molecule has 0 N–H and O–H groups in total. The number of nitrogens with zero attached hydrogens (tertiary/aromatic N) is 2. The Kier molecular flexibility index (Phi) is 6.00. The number of hydrogen-bond donors (Lipinski definition) is 0. The van der Waals surface area contributed by atoms with E-state index in [4.69, 9.17) is 4.74 Å². The molecule has 1 atom stereocenters. The zero-order chi connectivity index (χ0) is 12.0. The molecule has 16 heavy (non-hydrogen) atoms. The molecule has 0 saturated heterocycles. The van der Waals surface area contributed by atoms with Crippen molar-refractivity contribution in [1.29, 1.82) is 0 Å². The molecule has 1 aliphatic rings. The van der Waals surface area contributed by atoms with Crippen LogP contribution in [0.3, 0.4) is 0 Å². The average molecular weight is 307 g/mol. The van der Waals surface area contributed by atoms with Gasteiger partial charge in [-0.05, 0) is 12.5 Å². The molecule has 1 aliphatic heterocycles. The molecule has 1 rings (SSSR count). The van der Waals surface area contributed by atoms with Gasteiger partial charge in [0.1, 0.15) is 6.73 Å². The van der Waals surface area contributed by atoms with Gasteiger partial charge in [0.25, 0.3) is 0 Å². The van der Waals surface area contributed by atoms with Gasteiger partial charge in [0.15, 0.2) is 0 Å². The van der Waals surface area contributed by atoms with Gasteiger partial charge in [-0.25, -0.2) is 0 Å². The van der Waals surface area contributed by atoms with Crippen molar-refractivity contribution in [2.24, 2.45) is 4.99 Å². The first-order valence-corrected chi connectivity index (χ1v) is 10.8. The first-order valence-electron chi connectivity index (χ1n) is 5.92. The number of aliphatic imine (C=N–C) groups is 1. The van der Waals surface area contributed by atoms with Crippen LogP contribution < -0.4 is 0 Å². The summed E-state index contributed by atoms with van der Waals surface area (Å²) >= 11 is 3.45. The van der Waals surface area contributed by atoms with E-state index in [0.29, 0.717) is 12.8 Å². The summed E-state index contributed by atoms with van der Waals surface area (Å²) < 4.78 is 5.68. The molecule has 1 heterocycles. The molecule has 94 valence electrons. The second-order valence-corrected chi connectivity index (χ2v) is 11.9. The molecule has 0 unspecified atom stereocenters. The summed E-state index contributed by atoms with van der Waals surface area (Å²) in [6.45, 7) is 9.73. The van der Waals surface area contributed by atoms with Crippen molar-refractivity contribution >= 4 is 30.3 Å². The summed E-state index contributed by atoms with van der Waals surface area (Å²) in [4.78, 5) is 6.60. The first-order chi connectivity index (χ1) is 7.51. The minimum Gasteiger partial charge on any atom is -0.361 e. The highest BCUT2D eigenvalue weighted by atomic mass is 79.9. The topological polar surface area (TPSA) is 24.8 Å². The predicted molar refractivity (Wildman–Crippen MR) is 76.4 cm³/mol. The van der Waals surface area contributed by atoms with E-state index in [1.54, 1.807) is 0 Å². The smallest absolute Gasteiger partial charge is 0.119 e. The van der Waals surface area contributed by atoms with Crippen molar-refractivity contribution in [1.82, 2.24) is 4.90 Å². The Bertz CT molecular complexity index is 231. The normalized spacial score (nSPS) is 20.8. The van der Waals surface area contributed by atoms with Crippen molar-refractivity contribution in [3.63, 3.8) is 0 Å². The molecule has 0 saturated carbocycles. The molecule has 0 spiro atoms. The van der Waals surface area contributed by atoms with Gasteiger partial charge in [-0.15, -0.1) is 0 Å². The maximum absolute atomic E-state index is 5.68. The van der Waals surface area contributed by atoms with Crippen LogP contribution in [0.5, 0.6) is 0 Å². The van der Waals surface area contributed by atoms with E-state index in [1.807, 2.05) is 6.34 Å². The fourth-order valence-electron chi connectivity index (χ4n) is 1.49. The van der Waals surface area contributed by atoms with Crippen LogP contribution >= 0.6 is 15.9 Å². The van der Waals surface area contributed by atoms with Gasteiger partial charge < -0.3 is 9.64 Å². The molecular weight excluding hydrogens is 284 g/mol. The molecule has 0 radical (unpaired) electrons. The van der Waals surface area contributed by atoms with Gasteiger partial charge in [0.05, 0.1) is 12.4 Å². The van der Waals surface area contributed by atoms with E-state index in [9.17, 15) is 0 Å². The van der Waals surface area contributed by atoms with Gasteiger partial charge in [-0.1, -0.05) is 35.6 Å². The summed E-state index contributed by atoms with van der Waals surface area (Å²) in [5.74, 6) is 0. The highest BCUT2D eigenvalue weighted by Crippen LogP contribution is 2.10. The molecule has 0 aromatic carbocycles. The van der Waals surface area contributed by atoms with Crippen molar-refractivity contribution in [2.75, 3.05) is 25.2 Å². The number of alkyl halides is 1. The second kappa shape index (κ2) is 6.76. The molecule has 0 amide bonds. The Balaban J connectivity index is 2.05. The van der Waals surface area contributed by atoms with E-state index >= 15 is 0 Å². The van der Waals surface area contributed by atoms with Crippen LogP contribution in [-0.4, -0.2) is 50.6 Å². The third-order valence-electron chi connectivity index (χ3n) is 2.58. The van der Waals surface area contributed by atoms with Gasteiger partial charge in [-0.3, -0.25) is 4.99 Å². The van der Waals surface area contributed by atoms with Crippen LogP contribution in [0.25, 0.3) is 0 Å². The Morgan fingerprint density at radius 3 is 2.88 bits per heavy atom. The summed E-state index contributed by atoms with van der Waals surface area (Å²) in [7, 11) is -0.944. The van der Waals surface area contributed by atoms with Crippen LogP contribution in [0.2, 0.25) is 25.7 Å². The zero-order valence-electron chi connectivity index (χ0n) is 10.6. The van der Waals surface area contributed by atoms with Crippen LogP contribution in [0.15, 0.2) is 4.99 Å². The van der Waals surface area contributed by atoms with Gasteiger partial charge in [-0.2, -0.15) is 0 Å². The fourth-order valence-corrected chi connectivity index (χ4v) is 2.78. The number of halogens is 1. The lowest BCUT2D eigenvalue weighted by molar-refractivity contribution is 0.0781. The van der Waals surface area contributed by atoms with Crippen molar-refractivity contribution < 1.29 is 4.74 Å². The molecular formula is C11H23BrN2OSi. The molecule has 0 fully saturated rings. The predicted octanol–water partition coefficient (Wildman–Crippen LogP) is 2.80. The molecule has 0 aromatic rings. The highest BCUT2D eigenvalue weighted by Gasteiger charge is 2.17. The first kappa shape index (κ1) is 14.2. The van der Waals surface area contributed by atoms with E-state index in [1.165, 1.54) is 6.04 Å². The summed E-state index contributed by atoms with van der Waals surface area (Å²) in [6.07, 6.45) is 3.05. The number of ether oxygens (including phenoxy) is 1. The lowest BCUT2D eigenvalue weighted by atomic mass is 10.2. The average Bonchev–Trinajstić information content (AvgIpc) is 2.60. The Labute approximate surface area is 108 Å². The molecule has 0 bridgehead atoms. The second-order valence-electron chi connectivity index (χ2n) is 5.52. The van der Waals surface area contributed by atoms with Crippen LogP contribution in [0.4, 0.5) is 0 Å². The number of hydrogen-bond acceptors (Lipinski definition) is 3. The van der Waals surface area contributed by atoms with Crippen LogP contribution in [-0.2, 0) is 4.74 Å². The van der Waals surface area contributed by atoms with Gasteiger partial charge >= 0.3 is 0 Å². The highest BCUT2D eigenvalue weighted by molar-refractivity contribution is 9.09. The van der Waals surface area contributed by atoms with Crippen molar-refractivity contribution in [3.8, 4) is 0 Å². The Morgan fingerprint density at radius 2 is 2.25 bits per heavy atom. The lowest BCUT2D eigenvalue weighted by Crippen LogP contribution is -2.28. The van der Waals surface area contributed by atoms with Crippen molar-refractivity contribution in [3.05, 3.63) is 0 Å². The molecule has 3 nitrogen and oxygen atoms in total. The monoisotopic (exact) mass is 306 g/mol. The molecule has 0 aliphatic carbocycles. The maximum Gasteiger partial charge on any atom is 0.119 e. The van der Waals surface area contributed by atoms with E-state index < -0.39 is 8.07 Å². The van der Waals surface area contributed by atoms with Crippen molar-refractivity contribution in [2.45, 2.75) is 38.1 Å². The van der Waals surface area contributed by atoms with Crippen LogP contribution in [0, 0.1) is 0 Å². The zero-order valence-corrected chi connectivity index (χ0v) is 13.2. The minimum absolute atomic E-state index is 0.458. The maximum atomic E-state index is 5.68. The summed E-state index contributed by atoms with van der Waals surface area (Å²) in [5, 5.41) is 1.03. The van der Waals surface area contributed by atoms with E-state index in [2.05, 4.69) is 45.5 Å². The van der Waals surface area contributed by atoms with Gasteiger partial charge in [0, 0.05) is 26.6 Å². The SMILES string of the molecule is C[Si](C)(C)CCOCN1C=N[C@H](CCBr)C1. The summed E-state index contributed by atoms with van der Waals surface area (Å²) in [6, 6.07) is 1.70. The number of rotatable bonds is 7. The molecule has 5 heteroatoms. The minimum atomic E-state index is -0.944. The third kappa shape index (κ3) is 6.01. The van der Waals surface area contributed by atoms with Crippen LogP contribution in [0.1, 0.15) is 6.42 Å². The molecule has 0 aromatic heterocycles.